The molecule has 0 atom stereocenters. The van der Waals surface area contributed by atoms with Crippen LogP contribution in [0.2, 0.25) is 0 Å². The van der Waals surface area contributed by atoms with Crippen molar-refractivity contribution in [3.05, 3.63) is 90.0 Å². The fraction of sp³-hybridized carbons (Fsp3) is 0.353. The quantitative estimate of drug-likeness (QED) is 0.159. The average Bonchev–Trinajstić information content (AvgIpc) is 3.81. The van der Waals surface area contributed by atoms with Gasteiger partial charge in [0.1, 0.15) is 11.5 Å². The van der Waals surface area contributed by atoms with E-state index in [1.165, 1.54) is 0 Å². The molecule has 8 heteroatoms. The minimum atomic E-state index is 0.412. The predicted molar refractivity (Wildman–Crippen MR) is 167 cm³/mol. The van der Waals surface area contributed by atoms with Crippen molar-refractivity contribution in [2.24, 2.45) is 32.5 Å². The Morgan fingerprint density at radius 3 is 1.40 bits per heavy atom. The first-order valence-electron chi connectivity index (χ1n) is 15.0. The highest BCUT2D eigenvalue weighted by atomic mass is 16.5. The zero-order valence-corrected chi connectivity index (χ0v) is 24.9. The van der Waals surface area contributed by atoms with Gasteiger partial charge in [-0.2, -0.15) is 0 Å². The van der Waals surface area contributed by atoms with Gasteiger partial charge < -0.3 is 19.4 Å². The molecule has 0 amide bonds. The lowest BCUT2D eigenvalue weighted by Gasteiger charge is -2.14. The monoisotopic (exact) mass is 564 g/mol. The van der Waals surface area contributed by atoms with Gasteiger partial charge in [-0.25, -0.2) is 0 Å². The molecule has 0 spiro atoms. The molecule has 1 aliphatic rings. The van der Waals surface area contributed by atoms with Crippen LogP contribution in [-0.2, 0) is 0 Å². The molecule has 42 heavy (non-hydrogen) atoms. The Morgan fingerprint density at radius 2 is 1.02 bits per heavy atom. The van der Waals surface area contributed by atoms with E-state index >= 15 is 0 Å². The van der Waals surface area contributed by atoms with Gasteiger partial charge in [0.25, 0.3) is 0 Å². The third-order valence-corrected chi connectivity index (χ3v) is 8.03. The van der Waals surface area contributed by atoms with Crippen molar-refractivity contribution in [3.8, 4) is 34.0 Å². The predicted octanol–water partition coefficient (Wildman–Crippen LogP) is 9.86. The maximum Gasteiger partial charge on any atom is 0.211 e. The maximum atomic E-state index is 6.46. The van der Waals surface area contributed by atoms with Crippen LogP contribution in [0.5, 0.6) is 11.5 Å². The van der Waals surface area contributed by atoms with E-state index in [4.69, 9.17) is 9.47 Å². The zero-order valence-electron chi connectivity index (χ0n) is 24.9. The Kier molecular flexibility index (Phi) is 9.64. The second-order valence-electron chi connectivity index (χ2n) is 10.6. The second-order valence-corrected chi connectivity index (χ2v) is 10.6. The number of rotatable bonds is 14. The molecule has 4 aromatic rings. The summed E-state index contributed by atoms with van der Waals surface area (Å²) >= 11 is 0. The van der Waals surface area contributed by atoms with Crippen molar-refractivity contribution < 1.29 is 9.47 Å². The number of aromatic amines is 2. The van der Waals surface area contributed by atoms with E-state index in [-0.39, 0.29) is 0 Å². The van der Waals surface area contributed by atoms with E-state index in [0.717, 1.165) is 76.7 Å². The summed E-state index contributed by atoms with van der Waals surface area (Å²) in [6.45, 7) is 10.1. The molecule has 0 unspecified atom stereocenters. The lowest BCUT2D eigenvalue weighted by molar-refractivity contribution is 0.241. The van der Waals surface area contributed by atoms with Gasteiger partial charge in [-0.05, 0) is 22.3 Å². The molecule has 2 aromatic carbocycles. The normalized spacial score (nSPS) is 12.6. The number of ether oxygens (including phenoxy) is 2. The Labute approximate surface area is 248 Å². The largest absolute Gasteiger partial charge is 0.491 e. The van der Waals surface area contributed by atoms with E-state index in [2.05, 4.69) is 82.6 Å². The molecule has 0 fully saturated rings. The Bertz CT molecular complexity index is 1410. The van der Waals surface area contributed by atoms with Crippen molar-refractivity contribution in [3.63, 3.8) is 0 Å². The molecule has 5 rings (SSSR count). The van der Waals surface area contributed by atoms with E-state index in [1.807, 2.05) is 48.5 Å². The van der Waals surface area contributed by atoms with E-state index < -0.39 is 0 Å². The molecule has 2 N–H and O–H groups in total. The number of aromatic nitrogens is 2. The van der Waals surface area contributed by atoms with Crippen LogP contribution < -0.4 is 9.47 Å². The lowest BCUT2D eigenvalue weighted by atomic mass is 10.1. The van der Waals surface area contributed by atoms with Gasteiger partial charge in [-0.1, -0.05) is 114 Å². The number of nitrogens with one attached hydrogen (secondary N) is 2. The summed E-state index contributed by atoms with van der Waals surface area (Å²) in [4.78, 5) is 7.25. The average molecular weight is 565 g/mol. The lowest BCUT2D eigenvalue weighted by Crippen LogP contribution is -2.10. The fourth-order valence-electron chi connectivity index (χ4n) is 5.10. The minimum absolute atomic E-state index is 0.412. The first kappa shape index (κ1) is 29.0. The summed E-state index contributed by atoms with van der Waals surface area (Å²) in [7, 11) is 0. The number of hydrogen-bond acceptors (Lipinski definition) is 6. The summed E-state index contributed by atoms with van der Waals surface area (Å²) in [6.07, 6.45) is 4.26. The van der Waals surface area contributed by atoms with Gasteiger partial charge in [0.05, 0.1) is 41.6 Å². The van der Waals surface area contributed by atoms with Gasteiger partial charge in [0.2, 0.25) is 5.82 Å². The topological polar surface area (TPSA) is 99.5 Å². The van der Waals surface area contributed by atoms with Gasteiger partial charge in [-0.3, -0.25) is 0 Å². The smallest absolute Gasteiger partial charge is 0.211 e. The second kappa shape index (κ2) is 13.9. The van der Waals surface area contributed by atoms with Crippen LogP contribution >= 0.6 is 0 Å². The Hall–Kier alpha value is -4.46. The summed E-state index contributed by atoms with van der Waals surface area (Å²) in [6, 6.07) is 24.5. The SMILES string of the molecule is CCC(CC)COc1cc(C(=C2N=NN=N2)c2cc(OCC(CC)CC)c(-c3ccccc3)[nH]2)[nH]c1-c1ccccc1. The number of benzene rings is 2. The van der Waals surface area contributed by atoms with Crippen molar-refractivity contribution in [1.82, 2.24) is 9.97 Å². The third-order valence-electron chi connectivity index (χ3n) is 8.03. The highest BCUT2D eigenvalue weighted by Crippen LogP contribution is 2.41. The van der Waals surface area contributed by atoms with Crippen LogP contribution in [0.25, 0.3) is 28.1 Å². The number of hydrogen-bond donors (Lipinski definition) is 2. The highest BCUT2D eigenvalue weighted by molar-refractivity contribution is 5.85. The van der Waals surface area contributed by atoms with Crippen molar-refractivity contribution in [1.29, 1.82) is 0 Å². The molecule has 0 saturated carbocycles. The Balaban J connectivity index is 1.61. The van der Waals surface area contributed by atoms with E-state index in [9.17, 15) is 0 Å². The minimum Gasteiger partial charge on any atom is -0.491 e. The molecular formula is C34H40N6O2. The Morgan fingerprint density at radius 1 is 0.619 bits per heavy atom. The molecular weight excluding hydrogens is 524 g/mol. The first-order chi connectivity index (χ1) is 20.6. The molecule has 218 valence electrons. The molecule has 0 bridgehead atoms. The molecule has 1 aliphatic heterocycles. The fourth-order valence-corrected chi connectivity index (χ4v) is 5.10. The van der Waals surface area contributed by atoms with Crippen LogP contribution in [0.1, 0.15) is 64.8 Å². The van der Waals surface area contributed by atoms with E-state index in [0.29, 0.717) is 30.9 Å². The van der Waals surface area contributed by atoms with Crippen LogP contribution in [0.3, 0.4) is 0 Å². The molecule has 8 nitrogen and oxygen atoms in total. The molecule has 0 radical (unpaired) electrons. The van der Waals surface area contributed by atoms with Gasteiger partial charge in [-0.15, -0.1) is 10.2 Å². The van der Waals surface area contributed by atoms with Gasteiger partial charge in [0.15, 0.2) is 0 Å². The van der Waals surface area contributed by atoms with Crippen molar-refractivity contribution in [2.45, 2.75) is 53.4 Å². The van der Waals surface area contributed by atoms with Crippen molar-refractivity contribution in [2.75, 3.05) is 13.2 Å². The van der Waals surface area contributed by atoms with Gasteiger partial charge >= 0.3 is 0 Å². The van der Waals surface area contributed by atoms with Crippen LogP contribution in [0.15, 0.2) is 99.3 Å². The number of H-pyrrole nitrogens is 2. The summed E-state index contributed by atoms with van der Waals surface area (Å²) in [5.41, 5.74) is 6.22. The standard InChI is InChI=1S/C34H40N6O2/c1-5-23(6-2)21-41-29-19-27(35-32(29)25-15-11-9-12-16-25)31(34-37-39-40-38-34)28-20-30(42-22-24(7-3)8-4)33(36-28)26-17-13-10-14-18-26/h9-20,23-24,35-36H,5-8,21-22H2,1-4H3. The summed E-state index contributed by atoms with van der Waals surface area (Å²) in [5, 5.41) is 16.1. The molecule has 3 heterocycles. The van der Waals surface area contributed by atoms with Crippen molar-refractivity contribution >= 4 is 5.57 Å². The van der Waals surface area contributed by atoms with Gasteiger partial charge in [0, 0.05) is 23.3 Å². The zero-order chi connectivity index (χ0) is 29.3. The summed E-state index contributed by atoms with van der Waals surface area (Å²) < 4.78 is 12.9. The third kappa shape index (κ3) is 6.54. The molecule has 0 saturated heterocycles. The summed E-state index contributed by atoms with van der Waals surface area (Å²) in [5.74, 6) is 2.94. The van der Waals surface area contributed by atoms with Crippen LogP contribution in [0.4, 0.5) is 0 Å². The maximum absolute atomic E-state index is 6.46. The molecule has 0 aliphatic carbocycles. The van der Waals surface area contributed by atoms with Crippen LogP contribution in [-0.4, -0.2) is 23.2 Å². The molecule has 2 aromatic heterocycles. The first-order valence-corrected chi connectivity index (χ1v) is 15.0. The number of nitrogens with zero attached hydrogens (tertiary/aromatic N) is 4. The van der Waals surface area contributed by atoms with Crippen LogP contribution in [0, 0.1) is 11.8 Å². The van der Waals surface area contributed by atoms with E-state index in [1.54, 1.807) is 0 Å². The highest BCUT2D eigenvalue weighted by Gasteiger charge is 2.24.